The predicted octanol–water partition coefficient (Wildman–Crippen LogP) is 2.69. The summed E-state index contributed by atoms with van der Waals surface area (Å²) in [7, 11) is 0. The molecule has 5 nitrogen and oxygen atoms in total. The van der Waals surface area contributed by atoms with Crippen LogP contribution in [0.1, 0.15) is 16.8 Å². The van der Waals surface area contributed by atoms with Gasteiger partial charge in [0.1, 0.15) is 0 Å². The fraction of sp³-hybridized carbons (Fsp3) is 0.235. The Balaban J connectivity index is 1.69. The van der Waals surface area contributed by atoms with Crippen molar-refractivity contribution in [2.75, 3.05) is 13.1 Å². The predicted molar refractivity (Wildman–Crippen MR) is 87.7 cm³/mol. The quantitative estimate of drug-likeness (QED) is 0.880. The minimum absolute atomic E-state index is 0.0245. The van der Waals surface area contributed by atoms with E-state index in [1.54, 1.807) is 29.4 Å². The number of pyridine rings is 1. The molecule has 1 aromatic carbocycles. The second-order valence-electron chi connectivity index (χ2n) is 5.44. The van der Waals surface area contributed by atoms with Crippen LogP contribution in [0.5, 0.6) is 0 Å². The second kappa shape index (κ2) is 6.67. The maximum Gasteiger partial charge on any atom is 0.251 e. The third-order valence-corrected chi connectivity index (χ3v) is 4.20. The summed E-state index contributed by atoms with van der Waals surface area (Å²) in [6.45, 7) is 1.27. The Labute approximate surface area is 139 Å². The number of aromatic nitrogens is 1. The van der Waals surface area contributed by atoms with Crippen LogP contribution in [0.4, 0.5) is 0 Å². The average Bonchev–Trinajstić information content (AvgIpc) is 3.03. The summed E-state index contributed by atoms with van der Waals surface area (Å²) in [4.78, 5) is 17.9. The van der Waals surface area contributed by atoms with Crippen LogP contribution in [0.3, 0.4) is 0 Å². The number of carbonyl (C=O) groups excluding carboxylic acids is 1. The van der Waals surface area contributed by atoms with Crippen LogP contribution in [0, 0.1) is 11.5 Å². The molecule has 0 bridgehead atoms. The fourth-order valence-corrected chi connectivity index (χ4v) is 2.88. The van der Waals surface area contributed by atoms with Gasteiger partial charge in [-0.05, 0) is 30.2 Å². The van der Waals surface area contributed by atoms with Gasteiger partial charge in [-0.1, -0.05) is 23.7 Å². The standard InChI is InChI=1S/C17H15ClN4O/c18-16-9-20-7-5-15(16)12-1-3-13(4-2-12)17(23)21-14-6-8-22(10-14)11-19/h1-5,7,9,14H,6,8,10H2,(H,21,23)/t14-/m1/s1. The van der Waals surface area contributed by atoms with E-state index in [9.17, 15) is 4.79 Å². The molecule has 1 N–H and O–H groups in total. The van der Waals surface area contributed by atoms with Gasteiger partial charge in [0.05, 0.1) is 5.02 Å². The maximum atomic E-state index is 12.3. The summed E-state index contributed by atoms with van der Waals surface area (Å²) in [5.74, 6) is -0.123. The van der Waals surface area contributed by atoms with Crippen molar-refractivity contribution in [3.8, 4) is 17.3 Å². The number of halogens is 1. The first-order chi connectivity index (χ1) is 11.2. The molecule has 6 heteroatoms. The lowest BCUT2D eigenvalue weighted by Gasteiger charge is -2.12. The van der Waals surface area contributed by atoms with E-state index >= 15 is 0 Å². The normalized spacial score (nSPS) is 16.9. The van der Waals surface area contributed by atoms with E-state index in [0.717, 1.165) is 17.5 Å². The van der Waals surface area contributed by atoms with Crippen LogP contribution in [0.25, 0.3) is 11.1 Å². The van der Waals surface area contributed by atoms with E-state index in [-0.39, 0.29) is 11.9 Å². The Morgan fingerprint density at radius 1 is 1.35 bits per heavy atom. The topological polar surface area (TPSA) is 69.0 Å². The molecule has 1 aromatic heterocycles. The van der Waals surface area contributed by atoms with Gasteiger partial charge >= 0.3 is 0 Å². The van der Waals surface area contributed by atoms with Gasteiger partial charge in [-0.3, -0.25) is 9.78 Å². The van der Waals surface area contributed by atoms with Gasteiger partial charge in [-0.25, -0.2) is 0 Å². The van der Waals surface area contributed by atoms with Crippen LogP contribution in [-0.2, 0) is 0 Å². The lowest BCUT2D eigenvalue weighted by molar-refractivity contribution is 0.0939. The number of benzene rings is 1. The third kappa shape index (κ3) is 3.43. The number of carbonyl (C=O) groups is 1. The second-order valence-corrected chi connectivity index (χ2v) is 5.85. The SMILES string of the molecule is N#CN1CC[C@@H](NC(=O)c2ccc(-c3ccncc3Cl)cc2)C1. The van der Waals surface area contributed by atoms with Crippen LogP contribution in [0.2, 0.25) is 5.02 Å². The van der Waals surface area contributed by atoms with Crippen molar-refractivity contribution in [2.24, 2.45) is 0 Å². The number of rotatable bonds is 3. The van der Waals surface area contributed by atoms with E-state index in [1.807, 2.05) is 18.2 Å². The monoisotopic (exact) mass is 326 g/mol. The highest BCUT2D eigenvalue weighted by molar-refractivity contribution is 6.33. The van der Waals surface area contributed by atoms with Gasteiger partial charge in [0.2, 0.25) is 0 Å². The molecule has 1 amide bonds. The van der Waals surface area contributed by atoms with Crippen molar-refractivity contribution >= 4 is 17.5 Å². The summed E-state index contributed by atoms with van der Waals surface area (Å²) in [6, 6.07) is 9.15. The smallest absolute Gasteiger partial charge is 0.251 e. The summed E-state index contributed by atoms with van der Waals surface area (Å²) in [5.41, 5.74) is 2.41. The summed E-state index contributed by atoms with van der Waals surface area (Å²) in [6.07, 6.45) is 6.18. The number of amides is 1. The molecule has 2 heterocycles. The van der Waals surface area contributed by atoms with E-state index in [1.165, 1.54) is 0 Å². The fourth-order valence-electron chi connectivity index (χ4n) is 2.65. The first-order valence-electron chi connectivity index (χ1n) is 7.33. The van der Waals surface area contributed by atoms with Gasteiger partial charge in [-0.2, -0.15) is 5.26 Å². The first kappa shape index (κ1) is 15.3. The van der Waals surface area contributed by atoms with Crippen molar-refractivity contribution in [3.63, 3.8) is 0 Å². The molecule has 116 valence electrons. The number of nitriles is 1. The number of hydrogen-bond acceptors (Lipinski definition) is 4. The average molecular weight is 327 g/mol. The van der Waals surface area contributed by atoms with E-state index in [0.29, 0.717) is 23.7 Å². The molecule has 0 radical (unpaired) electrons. The molecule has 1 saturated heterocycles. The third-order valence-electron chi connectivity index (χ3n) is 3.90. The molecule has 23 heavy (non-hydrogen) atoms. The number of likely N-dealkylation sites (tertiary alicyclic amines) is 1. The highest BCUT2D eigenvalue weighted by atomic mass is 35.5. The Morgan fingerprint density at radius 2 is 2.13 bits per heavy atom. The summed E-state index contributed by atoms with van der Waals surface area (Å²) >= 11 is 6.13. The molecule has 0 spiro atoms. The molecule has 0 aliphatic carbocycles. The van der Waals surface area contributed by atoms with Crippen molar-refractivity contribution in [1.82, 2.24) is 15.2 Å². The first-order valence-corrected chi connectivity index (χ1v) is 7.70. The zero-order valence-electron chi connectivity index (χ0n) is 12.4. The highest BCUT2D eigenvalue weighted by Crippen LogP contribution is 2.26. The van der Waals surface area contributed by atoms with Crippen LogP contribution in [0.15, 0.2) is 42.7 Å². The van der Waals surface area contributed by atoms with Crippen LogP contribution < -0.4 is 5.32 Å². The minimum Gasteiger partial charge on any atom is -0.347 e. The molecule has 1 aliphatic heterocycles. The zero-order chi connectivity index (χ0) is 16.2. The van der Waals surface area contributed by atoms with E-state index in [4.69, 9.17) is 16.9 Å². The molecule has 0 saturated carbocycles. The highest BCUT2D eigenvalue weighted by Gasteiger charge is 2.23. The lowest BCUT2D eigenvalue weighted by Crippen LogP contribution is -2.36. The van der Waals surface area contributed by atoms with Crippen LogP contribution >= 0.6 is 11.6 Å². The molecule has 1 fully saturated rings. The van der Waals surface area contributed by atoms with Crippen LogP contribution in [-0.4, -0.2) is 34.9 Å². The molecule has 2 aromatic rings. The molecular weight excluding hydrogens is 312 g/mol. The number of nitrogens with one attached hydrogen (secondary N) is 1. The van der Waals surface area contributed by atoms with Gasteiger partial charge in [-0.15, -0.1) is 0 Å². The Bertz CT molecular complexity index is 754. The van der Waals surface area contributed by atoms with Gasteiger partial charge < -0.3 is 10.2 Å². The Morgan fingerprint density at radius 3 is 2.78 bits per heavy atom. The molecular formula is C17H15ClN4O. The van der Waals surface area contributed by atoms with Gasteiger partial charge in [0.15, 0.2) is 6.19 Å². The Hall–Kier alpha value is -2.58. The van der Waals surface area contributed by atoms with E-state index < -0.39 is 0 Å². The van der Waals surface area contributed by atoms with E-state index in [2.05, 4.69) is 16.5 Å². The van der Waals surface area contributed by atoms with Crippen molar-refractivity contribution < 1.29 is 4.79 Å². The molecule has 3 rings (SSSR count). The summed E-state index contributed by atoms with van der Waals surface area (Å²) < 4.78 is 0. The van der Waals surface area contributed by atoms with Crippen molar-refractivity contribution in [1.29, 1.82) is 5.26 Å². The van der Waals surface area contributed by atoms with Crippen molar-refractivity contribution in [3.05, 3.63) is 53.3 Å². The molecule has 1 atom stereocenters. The number of hydrogen-bond donors (Lipinski definition) is 1. The molecule has 1 aliphatic rings. The van der Waals surface area contributed by atoms with Crippen molar-refractivity contribution in [2.45, 2.75) is 12.5 Å². The van der Waals surface area contributed by atoms with Gasteiger partial charge in [0, 0.05) is 42.7 Å². The Kier molecular flexibility index (Phi) is 4.45. The number of nitrogens with zero attached hydrogens (tertiary/aromatic N) is 3. The zero-order valence-corrected chi connectivity index (χ0v) is 13.1. The summed E-state index contributed by atoms with van der Waals surface area (Å²) in [5, 5.41) is 12.4. The lowest BCUT2D eigenvalue weighted by atomic mass is 10.0. The molecule has 0 unspecified atom stereocenters. The maximum absolute atomic E-state index is 12.3. The van der Waals surface area contributed by atoms with Gasteiger partial charge in [0.25, 0.3) is 5.91 Å². The minimum atomic E-state index is -0.123. The largest absolute Gasteiger partial charge is 0.347 e.